The first-order valence-electron chi connectivity index (χ1n) is 13.9. The van der Waals surface area contributed by atoms with E-state index in [4.69, 9.17) is 9.47 Å². The second-order valence-corrected chi connectivity index (χ2v) is 12.3. The number of hydrogen-bond donors (Lipinski definition) is 1. The van der Waals surface area contributed by atoms with Crippen LogP contribution in [0.2, 0.25) is 0 Å². The summed E-state index contributed by atoms with van der Waals surface area (Å²) in [7, 11) is 0. The molecule has 3 heterocycles. The number of benzene rings is 1. The van der Waals surface area contributed by atoms with Crippen LogP contribution in [0.25, 0.3) is 11.3 Å². The van der Waals surface area contributed by atoms with Gasteiger partial charge in [-0.1, -0.05) is 26.0 Å². The molecule has 0 aliphatic carbocycles. The third kappa shape index (κ3) is 7.58. The van der Waals surface area contributed by atoms with Crippen molar-refractivity contribution in [2.75, 3.05) is 24.6 Å². The molecule has 0 bridgehead atoms. The van der Waals surface area contributed by atoms with Crippen LogP contribution in [0, 0.1) is 24.0 Å². The zero-order valence-electron chi connectivity index (χ0n) is 24.6. The van der Waals surface area contributed by atoms with E-state index >= 15 is 4.39 Å². The van der Waals surface area contributed by atoms with Gasteiger partial charge in [-0.3, -0.25) is 9.97 Å². The molecule has 0 spiro atoms. The summed E-state index contributed by atoms with van der Waals surface area (Å²) < 4.78 is 40.2. The first-order valence-corrected chi connectivity index (χ1v) is 13.9. The summed E-state index contributed by atoms with van der Waals surface area (Å²) in [6, 6.07) is 7.36. The molecule has 7 nitrogen and oxygen atoms in total. The van der Waals surface area contributed by atoms with Crippen molar-refractivity contribution in [1.82, 2.24) is 9.97 Å². The number of aliphatic carboxylic acids is 1. The van der Waals surface area contributed by atoms with Gasteiger partial charge in [0.05, 0.1) is 29.8 Å². The first-order chi connectivity index (χ1) is 19.2. The number of ether oxygens (including phenoxy) is 2. The molecule has 1 N–H and O–H groups in total. The van der Waals surface area contributed by atoms with Gasteiger partial charge in [0, 0.05) is 48.6 Å². The quantitative estimate of drug-likeness (QED) is 0.300. The van der Waals surface area contributed by atoms with Crippen LogP contribution in [0.5, 0.6) is 5.75 Å². The third-order valence-corrected chi connectivity index (χ3v) is 7.34. The number of aryl methyl sites for hydroxylation is 1. The molecule has 4 rings (SSSR count). The summed E-state index contributed by atoms with van der Waals surface area (Å²) in [5.74, 6) is -2.04. The van der Waals surface area contributed by atoms with Crippen LogP contribution in [-0.4, -0.2) is 46.3 Å². The van der Waals surface area contributed by atoms with Gasteiger partial charge < -0.3 is 19.5 Å². The summed E-state index contributed by atoms with van der Waals surface area (Å²) >= 11 is 0. The summed E-state index contributed by atoms with van der Waals surface area (Å²) in [6.07, 6.45) is 3.99. The summed E-state index contributed by atoms with van der Waals surface area (Å²) in [4.78, 5) is 23.7. The van der Waals surface area contributed by atoms with Crippen molar-refractivity contribution in [3.8, 4) is 17.0 Å². The average molecular weight is 568 g/mol. The highest BCUT2D eigenvalue weighted by Crippen LogP contribution is 2.43. The molecule has 9 heteroatoms. The van der Waals surface area contributed by atoms with Crippen LogP contribution in [-0.2, 0) is 16.0 Å². The Balaban J connectivity index is 1.71. The van der Waals surface area contributed by atoms with E-state index in [-0.39, 0.29) is 23.6 Å². The number of carboxylic acids is 1. The minimum Gasteiger partial charge on any atom is -0.489 e. The molecule has 3 aromatic rings. The number of halogens is 2. The topological polar surface area (TPSA) is 84.8 Å². The van der Waals surface area contributed by atoms with E-state index in [9.17, 15) is 14.3 Å². The summed E-state index contributed by atoms with van der Waals surface area (Å²) in [5.41, 5.74) is 2.79. The van der Waals surface area contributed by atoms with E-state index in [1.165, 1.54) is 24.4 Å². The van der Waals surface area contributed by atoms with Gasteiger partial charge in [-0.05, 0) is 63.6 Å². The lowest BCUT2D eigenvalue weighted by molar-refractivity contribution is -0.160. The van der Waals surface area contributed by atoms with E-state index < -0.39 is 23.5 Å². The number of carbonyl (C=O) groups is 1. The Kier molecular flexibility index (Phi) is 8.97. The SMILES string of the molecule is Cc1ncc(-c2cc(F)c(OCCc3ccc(F)cc3)cn2)c(N2CCC(C)(C)CC2)c1[C@H](OC(C)(C)C)C(=O)O. The Bertz CT molecular complexity index is 1380. The first kappa shape index (κ1) is 30.4. The number of nitrogens with zero attached hydrogens (tertiary/aromatic N) is 3. The fourth-order valence-electron chi connectivity index (χ4n) is 4.97. The molecule has 1 atom stereocenters. The van der Waals surface area contributed by atoms with E-state index in [1.807, 2.05) is 20.8 Å². The molecule has 220 valence electrons. The molecular weight excluding hydrogens is 528 g/mol. The normalized spacial score (nSPS) is 16.0. The summed E-state index contributed by atoms with van der Waals surface area (Å²) in [5, 5.41) is 10.3. The maximum Gasteiger partial charge on any atom is 0.337 e. The number of hydrogen-bond acceptors (Lipinski definition) is 6. The van der Waals surface area contributed by atoms with Crippen molar-refractivity contribution in [2.45, 2.75) is 72.5 Å². The number of carboxylic acid groups (broad SMARTS) is 1. The van der Waals surface area contributed by atoms with Gasteiger partial charge in [0.1, 0.15) is 5.82 Å². The van der Waals surface area contributed by atoms with Crippen LogP contribution < -0.4 is 9.64 Å². The van der Waals surface area contributed by atoms with Crippen LogP contribution in [0.3, 0.4) is 0 Å². The number of pyridine rings is 2. The van der Waals surface area contributed by atoms with E-state index in [2.05, 4.69) is 28.7 Å². The lowest BCUT2D eigenvalue weighted by Crippen LogP contribution is -2.39. The largest absolute Gasteiger partial charge is 0.489 e. The Morgan fingerprint density at radius 3 is 2.34 bits per heavy atom. The molecule has 1 aromatic carbocycles. The van der Waals surface area contributed by atoms with Crippen LogP contribution in [0.1, 0.15) is 70.4 Å². The lowest BCUT2D eigenvalue weighted by atomic mass is 9.82. The highest BCUT2D eigenvalue weighted by molar-refractivity contribution is 5.85. The van der Waals surface area contributed by atoms with Gasteiger partial charge >= 0.3 is 5.97 Å². The molecule has 1 aliphatic heterocycles. The van der Waals surface area contributed by atoms with Gasteiger partial charge in [0.2, 0.25) is 0 Å². The maximum absolute atomic E-state index is 15.3. The van der Waals surface area contributed by atoms with Crippen molar-refractivity contribution in [2.24, 2.45) is 5.41 Å². The van der Waals surface area contributed by atoms with Gasteiger partial charge in [0.15, 0.2) is 17.7 Å². The van der Waals surface area contributed by atoms with Gasteiger partial charge in [0.25, 0.3) is 0 Å². The molecule has 1 aliphatic rings. The number of aromatic nitrogens is 2. The van der Waals surface area contributed by atoms with Crippen molar-refractivity contribution in [3.63, 3.8) is 0 Å². The number of anilines is 1. The van der Waals surface area contributed by atoms with Crippen molar-refractivity contribution in [3.05, 3.63) is 71.2 Å². The van der Waals surface area contributed by atoms with Crippen LogP contribution >= 0.6 is 0 Å². The van der Waals surface area contributed by atoms with Crippen LogP contribution in [0.4, 0.5) is 14.5 Å². The predicted molar refractivity (Wildman–Crippen MR) is 154 cm³/mol. The zero-order valence-corrected chi connectivity index (χ0v) is 24.6. The van der Waals surface area contributed by atoms with Crippen molar-refractivity contribution in [1.29, 1.82) is 0 Å². The average Bonchev–Trinajstić information content (AvgIpc) is 2.89. The third-order valence-electron chi connectivity index (χ3n) is 7.34. The molecular formula is C32H39F2N3O4. The number of rotatable bonds is 9. The molecule has 41 heavy (non-hydrogen) atoms. The molecule has 0 unspecified atom stereocenters. The highest BCUT2D eigenvalue weighted by atomic mass is 19.1. The molecule has 2 aromatic heterocycles. The molecule has 1 saturated heterocycles. The fourth-order valence-corrected chi connectivity index (χ4v) is 4.97. The smallest absolute Gasteiger partial charge is 0.337 e. The summed E-state index contributed by atoms with van der Waals surface area (Å²) in [6.45, 7) is 13.2. The monoisotopic (exact) mass is 567 g/mol. The molecule has 0 radical (unpaired) electrons. The standard InChI is InChI=1S/C32H39F2N3O4/c1-20-27(29(30(38)39)41-31(2,3)4)28(37-14-12-32(5,6)13-15-37)23(18-35-20)25-17-24(34)26(19-36-25)40-16-11-21-7-9-22(33)10-8-21/h7-10,17-19,29H,11-16H2,1-6H3,(H,38,39)/t29-/m0/s1. The Morgan fingerprint density at radius 1 is 1.10 bits per heavy atom. The van der Waals surface area contributed by atoms with E-state index in [1.54, 1.807) is 25.3 Å². The van der Waals surface area contributed by atoms with Crippen LogP contribution in [0.15, 0.2) is 42.7 Å². The fraction of sp³-hybridized carbons (Fsp3) is 0.469. The predicted octanol–water partition coefficient (Wildman–Crippen LogP) is 6.92. The minimum absolute atomic E-state index is 0.00286. The second-order valence-electron chi connectivity index (χ2n) is 12.3. The van der Waals surface area contributed by atoms with Gasteiger partial charge in [-0.15, -0.1) is 0 Å². The molecule has 0 saturated carbocycles. The molecule has 0 amide bonds. The van der Waals surface area contributed by atoms with Crippen molar-refractivity contribution < 1.29 is 28.2 Å². The minimum atomic E-state index is -1.27. The number of piperidine rings is 1. The van der Waals surface area contributed by atoms with Crippen molar-refractivity contribution >= 4 is 11.7 Å². The molecule has 1 fully saturated rings. The maximum atomic E-state index is 15.3. The Labute approximate surface area is 240 Å². The zero-order chi connectivity index (χ0) is 29.9. The lowest BCUT2D eigenvalue weighted by Gasteiger charge is -2.40. The Hall–Kier alpha value is -3.59. The van der Waals surface area contributed by atoms with E-state index in [0.717, 1.165) is 18.4 Å². The second kappa shape index (κ2) is 12.1. The Morgan fingerprint density at radius 2 is 1.76 bits per heavy atom. The van der Waals surface area contributed by atoms with Gasteiger partial charge in [-0.25, -0.2) is 13.6 Å². The highest BCUT2D eigenvalue weighted by Gasteiger charge is 2.36. The van der Waals surface area contributed by atoms with Gasteiger partial charge in [-0.2, -0.15) is 0 Å². The van der Waals surface area contributed by atoms with E-state index in [0.29, 0.717) is 47.7 Å².